The number of hydrogen-bond acceptors (Lipinski definition) is 5. The van der Waals surface area contributed by atoms with Gasteiger partial charge in [-0.15, -0.1) is 0 Å². The SMILES string of the molecule is CCCN(CCCc1cc(=O)n(C)c(=O)n1C)CCc1cccc([N+](=O)[O-])c1. The van der Waals surface area contributed by atoms with Gasteiger partial charge in [-0.2, -0.15) is 0 Å². The van der Waals surface area contributed by atoms with Crippen LogP contribution in [0.3, 0.4) is 0 Å². The molecule has 1 aromatic carbocycles. The fourth-order valence-electron chi connectivity index (χ4n) is 3.27. The van der Waals surface area contributed by atoms with Crippen LogP contribution in [0.4, 0.5) is 5.69 Å². The van der Waals surface area contributed by atoms with Crippen molar-refractivity contribution in [3.05, 3.63) is 72.5 Å². The van der Waals surface area contributed by atoms with Crippen LogP contribution in [-0.4, -0.2) is 38.6 Å². The molecule has 0 aliphatic heterocycles. The van der Waals surface area contributed by atoms with E-state index >= 15 is 0 Å². The number of aryl methyl sites for hydroxylation is 1. The molecule has 8 nitrogen and oxygen atoms in total. The van der Waals surface area contributed by atoms with Gasteiger partial charge in [0, 0.05) is 44.5 Å². The molecule has 0 N–H and O–H groups in total. The van der Waals surface area contributed by atoms with E-state index in [4.69, 9.17) is 0 Å². The van der Waals surface area contributed by atoms with Crippen LogP contribution >= 0.6 is 0 Å². The molecule has 0 atom stereocenters. The summed E-state index contributed by atoms with van der Waals surface area (Å²) >= 11 is 0. The van der Waals surface area contributed by atoms with Crippen molar-refractivity contribution in [2.75, 3.05) is 19.6 Å². The minimum absolute atomic E-state index is 0.117. The standard InChI is InChI=1S/C20H28N4O4/c1-4-11-23(13-10-16-7-5-8-18(14-16)24(27)28)12-6-9-17-15-19(25)22(3)20(26)21(17)2/h5,7-8,14-15H,4,6,9-13H2,1-3H3. The molecule has 0 radical (unpaired) electrons. The summed E-state index contributed by atoms with van der Waals surface area (Å²) in [5.41, 5.74) is 1.21. The first-order valence-corrected chi connectivity index (χ1v) is 9.55. The summed E-state index contributed by atoms with van der Waals surface area (Å²) in [5, 5.41) is 10.9. The van der Waals surface area contributed by atoms with Crippen molar-refractivity contribution in [3.8, 4) is 0 Å². The molecule has 0 bridgehead atoms. The molecular weight excluding hydrogens is 360 g/mol. The number of nitrogens with zero attached hydrogens (tertiary/aromatic N) is 4. The Morgan fingerprint density at radius 3 is 2.46 bits per heavy atom. The topological polar surface area (TPSA) is 90.4 Å². The highest BCUT2D eigenvalue weighted by Gasteiger charge is 2.10. The lowest BCUT2D eigenvalue weighted by molar-refractivity contribution is -0.384. The Bertz CT molecular complexity index is 933. The Kier molecular flexibility index (Phi) is 7.69. The molecule has 0 saturated heterocycles. The van der Waals surface area contributed by atoms with E-state index in [1.54, 1.807) is 19.2 Å². The van der Waals surface area contributed by atoms with E-state index in [9.17, 15) is 19.7 Å². The summed E-state index contributed by atoms with van der Waals surface area (Å²) in [4.78, 5) is 36.7. The van der Waals surface area contributed by atoms with Gasteiger partial charge in [0.1, 0.15) is 0 Å². The highest BCUT2D eigenvalue weighted by molar-refractivity contribution is 5.34. The van der Waals surface area contributed by atoms with E-state index in [1.165, 1.54) is 23.7 Å². The predicted molar refractivity (Wildman–Crippen MR) is 109 cm³/mol. The van der Waals surface area contributed by atoms with E-state index in [-0.39, 0.29) is 21.9 Å². The van der Waals surface area contributed by atoms with Crippen LogP contribution in [0.25, 0.3) is 0 Å². The maximum atomic E-state index is 12.0. The average molecular weight is 388 g/mol. The summed E-state index contributed by atoms with van der Waals surface area (Å²) < 4.78 is 2.63. The van der Waals surface area contributed by atoms with Gasteiger partial charge < -0.3 is 9.47 Å². The predicted octanol–water partition coefficient (Wildman–Crippen LogP) is 1.88. The number of non-ortho nitro benzene ring substituents is 1. The number of hydrogen-bond donors (Lipinski definition) is 0. The molecule has 0 spiro atoms. The molecule has 2 rings (SSSR count). The number of rotatable bonds is 10. The van der Waals surface area contributed by atoms with Crippen molar-refractivity contribution < 1.29 is 4.92 Å². The summed E-state index contributed by atoms with van der Waals surface area (Å²) in [5.74, 6) is 0. The van der Waals surface area contributed by atoms with Crippen LogP contribution in [0.1, 0.15) is 31.0 Å². The smallest absolute Gasteiger partial charge is 0.303 e. The van der Waals surface area contributed by atoms with Gasteiger partial charge in [-0.05, 0) is 44.3 Å². The maximum Gasteiger partial charge on any atom is 0.330 e. The molecule has 0 amide bonds. The van der Waals surface area contributed by atoms with Crippen LogP contribution in [0, 0.1) is 10.1 Å². The molecule has 1 aromatic heterocycles. The first-order chi connectivity index (χ1) is 13.3. The maximum absolute atomic E-state index is 12.0. The summed E-state index contributed by atoms with van der Waals surface area (Å²) in [7, 11) is 3.16. The summed E-state index contributed by atoms with van der Waals surface area (Å²) in [6.45, 7) is 4.70. The highest BCUT2D eigenvalue weighted by Crippen LogP contribution is 2.14. The Hall–Kier alpha value is -2.74. The molecule has 28 heavy (non-hydrogen) atoms. The van der Waals surface area contributed by atoms with Gasteiger partial charge in [0.15, 0.2) is 0 Å². The second-order valence-electron chi connectivity index (χ2n) is 7.00. The fraction of sp³-hybridized carbons (Fsp3) is 0.500. The van der Waals surface area contributed by atoms with Crippen molar-refractivity contribution in [2.24, 2.45) is 14.1 Å². The van der Waals surface area contributed by atoms with Crippen LogP contribution in [0.2, 0.25) is 0 Å². The molecule has 8 heteroatoms. The largest absolute Gasteiger partial charge is 0.330 e. The van der Waals surface area contributed by atoms with E-state index in [1.807, 2.05) is 6.07 Å². The second-order valence-corrected chi connectivity index (χ2v) is 7.00. The molecule has 0 saturated carbocycles. The molecule has 0 unspecified atom stereocenters. The molecule has 0 aliphatic carbocycles. The van der Waals surface area contributed by atoms with Gasteiger partial charge in [0.25, 0.3) is 11.2 Å². The zero-order valence-electron chi connectivity index (χ0n) is 16.8. The third kappa shape index (κ3) is 5.63. The van der Waals surface area contributed by atoms with Crippen molar-refractivity contribution in [3.63, 3.8) is 0 Å². The average Bonchev–Trinajstić information content (AvgIpc) is 2.68. The van der Waals surface area contributed by atoms with Crippen molar-refractivity contribution >= 4 is 5.69 Å². The van der Waals surface area contributed by atoms with Crippen LogP contribution in [-0.2, 0) is 26.9 Å². The molecule has 2 aromatic rings. The first-order valence-electron chi connectivity index (χ1n) is 9.55. The normalized spacial score (nSPS) is 11.1. The van der Waals surface area contributed by atoms with Gasteiger partial charge in [-0.25, -0.2) is 4.79 Å². The number of benzene rings is 1. The van der Waals surface area contributed by atoms with Gasteiger partial charge in [0.2, 0.25) is 0 Å². The zero-order valence-corrected chi connectivity index (χ0v) is 16.8. The zero-order chi connectivity index (χ0) is 20.7. The van der Waals surface area contributed by atoms with Crippen molar-refractivity contribution in [1.29, 1.82) is 0 Å². The highest BCUT2D eigenvalue weighted by atomic mass is 16.6. The Labute approximate surface area is 164 Å². The summed E-state index contributed by atoms with van der Waals surface area (Å²) in [6.07, 6.45) is 3.24. The van der Waals surface area contributed by atoms with Crippen LogP contribution in [0.5, 0.6) is 0 Å². The van der Waals surface area contributed by atoms with Gasteiger partial charge in [-0.3, -0.25) is 19.5 Å². The Morgan fingerprint density at radius 2 is 1.79 bits per heavy atom. The van der Waals surface area contributed by atoms with E-state index in [0.29, 0.717) is 6.42 Å². The molecule has 0 aliphatic rings. The lowest BCUT2D eigenvalue weighted by Gasteiger charge is -2.22. The van der Waals surface area contributed by atoms with Gasteiger partial charge in [-0.1, -0.05) is 19.1 Å². The van der Waals surface area contributed by atoms with Crippen LogP contribution < -0.4 is 11.2 Å². The third-order valence-electron chi connectivity index (χ3n) is 4.91. The van der Waals surface area contributed by atoms with Crippen LogP contribution in [0.15, 0.2) is 39.9 Å². The van der Waals surface area contributed by atoms with E-state index < -0.39 is 0 Å². The second kappa shape index (κ2) is 9.98. The number of nitro benzene ring substituents is 1. The lowest BCUT2D eigenvalue weighted by Crippen LogP contribution is -2.38. The Morgan fingerprint density at radius 1 is 1.04 bits per heavy atom. The summed E-state index contributed by atoms with van der Waals surface area (Å²) in [6, 6.07) is 8.27. The number of nitro groups is 1. The van der Waals surface area contributed by atoms with Gasteiger partial charge in [0.05, 0.1) is 4.92 Å². The Balaban J connectivity index is 1.95. The van der Waals surface area contributed by atoms with Gasteiger partial charge >= 0.3 is 5.69 Å². The third-order valence-corrected chi connectivity index (χ3v) is 4.91. The molecule has 1 heterocycles. The number of aromatic nitrogens is 2. The lowest BCUT2D eigenvalue weighted by atomic mass is 10.1. The minimum Gasteiger partial charge on any atom is -0.303 e. The monoisotopic (exact) mass is 388 g/mol. The first kappa shape index (κ1) is 21.6. The van der Waals surface area contributed by atoms with E-state index in [2.05, 4.69) is 11.8 Å². The van der Waals surface area contributed by atoms with Crippen molar-refractivity contribution in [1.82, 2.24) is 14.0 Å². The fourth-order valence-corrected chi connectivity index (χ4v) is 3.27. The molecule has 152 valence electrons. The van der Waals surface area contributed by atoms with E-state index in [0.717, 1.165) is 54.7 Å². The minimum atomic E-state index is -0.373. The van der Waals surface area contributed by atoms with Crippen molar-refractivity contribution in [2.45, 2.75) is 32.6 Å². The molecular formula is C20H28N4O4. The quantitative estimate of drug-likeness (QED) is 0.458. The molecule has 0 fully saturated rings.